The number of carbonyl (C=O) groups excluding carboxylic acids is 1. The van der Waals surface area contributed by atoms with Crippen molar-refractivity contribution in [3.63, 3.8) is 0 Å². The molecule has 1 aliphatic heterocycles. The van der Waals surface area contributed by atoms with E-state index in [0.29, 0.717) is 18.1 Å². The van der Waals surface area contributed by atoms with Crippen molar-refractivity contribution in [3.8, 4) is 16.9 Å². The fourth-order valence-electron chi connectivity index (χ4n) is 2.98. The third-order valence-electron chi connectivity index (χ3n) is 4.04. The molecule has 0 N–H and O–H groups in total. The molecule has 1 aromatic heterocycles. The first-order valence-corrected chi connectivity index (χ1v) is 9.43. The average Bonchev–Trinajstić information content (AvgIpc) is 3.02. The SMILES string of the molecule is CCOC(=O)c1nn(-c2cccc(S)c2)c2c1CSc1ccccc1-2. The molecule has 25 heavy (non-hydrogen) atoms. The smallest absolute Gasteiger partial charge is 0.359 e. The molecule has 126 valence electrons. The summed E-state index contributed by atoms with van der Waals surface area (Å²) in [5, 5.41) is 4.62. The van der Waals surface area contributed by atoms with E-state index in [1.807, 2.05) is 41.1 Å². The van der Waals surface area contributed by atoms with Crippen LogP contribution >= 0.6 is 24.4 Å². The van der Waals surface area contributed by atoms with E-state index in [1.165, 1.54) is 4.90 Å². The van der Waals surface area contributed by atoms with Gasteiger partial charge in [-0.15, -0.1) is 24.4 Å². The predicted octanol–water partition coefficient (Wildman–Crippen LogP) is 4.61. The normalized spacial score (nSPS) is 12.4. The second-order valence-corrected chi connectivity index (χ2v) is 7.15. The number of hydrogen-bond donors (Lipinski definition) is 1. The van der Waals surface area contributed by atoms with Crippen LogP contribution in [-0.2, 0) is 10.5 Å². The summed E-state index contributed by atoms with van der Waals surface area (Å²) in [6.07, 6.45) is 0. The molecule has 2 heterocycles. The van der Waals surface area contributed by atoms with E-state index in [1.54, 1.807) is 18.7 Å². The molecule has 4 nitrogen and oxygen atoms in total. The van der Waals surface area contributed by atoms with Crippen LogP contribution in [0.15, 0.2) is 58.3 Å². The summed E-state index contributed by atoms with van der Waals surface area (Å²) in [7, 11) is 0. The Morgan fingerprint density at radius 3 is 2.92 bits per heavy atom. The number of rotatable bonds is 3. The minimum absolute atomic E-state index is 0.330. The number of fused-ring (bicyclic) bond motifs is 3. The van der Waals surface area contributed by atoms with Gasteiger partial charge in [0.15, 0.2) is 5.69 Å². The quantitative estimate of drug-likeness (QED) is 0.542. The molecule has 2 aromatic carbocycles. The predicted molar refractivity (Wildman–Crippen MR) is 102 cm³/mol. The van der Waals surface area contributed by atoms with Crippen LogP contribution in [0.3, 0.4) is 0 Å². The first kappa shape index (κ1) is 16.3. The maximum Gasteiger partial charge on any atom is 0.359 e. The van der Waals surface area contributed by atoms with E-state index in [4.69, 9.17) is 4.74 Å². The second kappa shape index (κ2) is 6.61. The van der Waals surface area contributed by atoms with Crippen LogP contribution in [0, 0.1) is 0 Å². The van der Waals surface area contributed by atoms with Crippen LogP contribution in [-0.4, -0.2) is 22.4 Å². The fourth-order valence-corrected chi connectivity index (χ4v) is 4.26. The van der Waals surface area contributed by atoms with E-state index in [9.17, 15) is 4.79 Å². The largest absolute Gasteiger partial charge is 0.461 e. The molecule has 0 bridgehead atoms. The van der Waals surface area contributed by atoms with E-state index in [2.05, 4.69) is 29.9 Å². The highest BCUT2D eigenvalue weighted by molar-refractivity contribution is 7.98. The van der Waals surface area contributed by atoms with E-state index in [0.717, 1.165) is 27.4 Å². The van der Waals surface area contributed by atoms with Crippen molar-refractivity contribution in [2.24, 2.45) is 0 Å². The lowest BCUT2D eigenvalue weighted by atomic mass is 10.1. The Morgan fingerprint density at radius 2 is 2.12 bits per heavy atom. The Hall–Kier alpha value is -2.18. The van der Waals surface area contributed by atoms with Gasteiger partial charge in [0.05, 0.1) is 18.0 Å². The van der Waals surface area contributed by atoms with Gasteiger partial charge in [-0.25, -0.2) is 9.48 Å². The fraction of sp³-hybridized carbons (Fsp3) is 0.158. The van der Waals surface area contributed by atoms with Gasteiger partial charge in [0.25, 0.3) is 0 Å². The Balaban J connectivity index is 1.98. The van der Waals surface area contributed by atoms with Gasteiger partial charge in [0.2, 0.25) is 0 Å². The first-order chi connectivity index (χ1) is 12.2. The van der Waals surface area contributed by atoms with Crippen LogP contribution in [0.2, 0.25) is 0 Å². The highest BCUT2D eigenvalue weighted by Gasteiger charge is 2.29. The summed E-state index contributed by atoms with van der Waals surface area (Å²) in [5.74, 6) is 0.320. The van der Waals surface area contributed by atoms with Crippen molar-refractivity contribution in [1.29, 1.82) is 0 Å². The van der Waals surface area contributed by atoms with Crippen LogP contribution in [0.5, 0.6) is 0 Å². The summed E-state index contributed by atoms with van der Waals surface area (Å²) < 4.78 is 7.05. The Kier molecular flexibility index (Phi) is 4.31. The van der Waals surface area contributed by atoms with Gasteiger partial charge in [0, 0.05) is 26.7 Å². The summed E-state index contributed by atoms with van der Waals surface area (Å²) in [6, 6.07) is 15.9. The number of hydrogen-bond acceptors (Lipinski definition) is 5. The van der Waals surface area contributed by atoms with Crippen molar-refractivity contribution >= 4 is 30.4 Å². The molecule has 0 atom stereocenters. The molecule has 0 radical (unpaired) electrons. The number of benzene rings is 2. The third kappa shape index (κ3) is 2.85. The Morgan fingerprint density at radius 1 is 1.28 bits per heavy atom. The van der Waals surface area contributed by atoms with Crippen molar-refractivity contribution in [2.45, 2.75) is 22.5 Å². The lowest BCUT2D eigenvalue weighted by Crippen LogP contribution is -2.08. The standard InChI is InChI=1S/C19H16N2O2S2/c1-2-23-19(22)17-15-11-25-16-9-4-3-8-14(16)18(15)21(20-17)12-6-5-7-13(24)10-12/h3-10,24H,2,11H2,1H3. The van der Waals surface area contributed by atoms with E-state index >= 15 is 0 Å². The van der Waals surface area contributed by atoms with Gasteiger partial charge in [-0.1, -0.05) is 24.3 Å². The van der Waals surface area contributed by atoms with Crippen molar-refractivity contribution in [1.82, 2.24) is 9.78 Å². The molecule has 0 fully saturated rings. The zero-order chi connectivity index (χ0) is 17.4. The summed E-state index contributed by atoms with van der Waals surface area (Å²) in [5.41, 5.74) is 4.23. The van der Waals surface area contributed by atoms with Crippen LogP contribution in [0.4, 0.5) is 0 Å². The zero-order valence-corrected chi connectivity index (χ0v) is 15.3. The maximum absolute atomic E-state index is 12.4. The molecule has 0 spiro atoms. The molecular formula is C19H16N2O2S2. The van der Waals surface area contributed by atoms with E-state index < -0.39 is 0 Å². The number of aromatic nitrogens is 2. The maximum atomic E-state index is 12.4. The van der Waals surface area contributed by atoms with Gasteiger partial charge in [-0.3, -0.25) is 0 Å². The number of esters is 1. The van der Waals surface area contributed by atoms with Gasteiger partial charge in [0.1, 0.15) is 0 Å². The lowest BCUT2D eigenvalue weighted by molar-refractivity contribution is 0.0518. The number of carbonyl (C=O) groups is 1. The van der Waals surface area contributed by atoms with Crippen LogP contribution < -0.4 is 0 Å². The van der Waals surface area contributed by atoms with Gasteiger partial charge < -0.3 is 4.74 Å². The highest BCUT2D eigenvalue weighted by Crippen LogP contribution is 2.43. The average molecular weight is 368 g/mol. The zero-order valence-electron chi connectivity index (χ0n) is 13.6. The van der Waals surface area contributed by atoms with Crippen LogP contribution in [0.1, 0.15) is 23.0 Å². The number of thiol groups is 1. The number of ether oxygens (including phenoxy) is 1. The molecule has 0 aliphatic carbocycles. The molecule has 0 unspecified atom stereocenters. The second-order valence-electron chi connectivity index (χ2n) is 5.61. The molecule has 1 aliphatic rings. The van der Waals surface area contributed by atoms with Gasteiger partial charge >= 0.3 is 5.97 Å². The molecular weight excluding hydrogens is 352 g/mol. The van der Waals surface area contributed by atoms with E-state index in [-0.39, 0.29) is 5.97 Å². The van der Waals surface area contributed by atoms with Crippen LogP contribution in [0.25, 0.3) is 16.9 Å². The van der Waals surface area contributed by atoms with Crippen molar-refractivity contribution in [3.05, 3.63) is 59.8 Å². The van der Waals surface area contributed by atoms with Crippen molar-refractivity contribution < 1.29 is 9.53 Å². The van der Waals surface area contributed by atoms with Crippen molar-refractivity contribution in [2.75, 3.05) is 6.61 Å². The monoisotopic (exact) mass is 368 g/mol. The Bertz CT molecular complexity index is 966. The summed E-state index contributed by atoms with van der Waals surface area (Å²) in [6.45, 7) is 2.13. The number of nitrogens with zero attached hydrogens (tertiary/aromatic N) is 2. The third-order valence-corrected chi connectivity index (χ3v) is 5.42. The summed E-state index contributed by atoms with van der Waals surface area (Å²) >= 11 is 6.15. The molecule has 0 saturated heterocycles. The minimum atomic E-state index is -0.375. The summed E-state index contributed by atoms with van der Waals surface area (Å²) in [4.78, 5) is 14.5. The first-order valence-electron chi connectivity index (χ1n) is 7.99. The molecule has 0 amide bonds. The number of thioether (sulfide) groups is 1. The van der Waals surface area contributed by atoms with Gasteiger partial charge in [-0.2, -0.15) is 5.10 Å². The van der Waals surface area contributed by atoms with Gasteiger partial charge in [-0.05, 0) is 31.2 Å². The molecule has 0 saturated carbocycles. The Labute approximate surface area is 155 Å². The molecule has 4 rings (SSSR count). The minimum Gasteiger partial charge on any atom is -0.461 e. The highest BCUT2D eigenvalue weighted by atomic mass is 32.2. The topological polar surface area (TPSA) is 44.1 Å². The molecule has 6 heteroatoms. The lowest BCUT2D eigenvalue weighted by Gasteiger charge is -2.18. The molecule has 3 aromatic rings.